The first kappa shape index (κ1) is 16.2. The van der Waals surface area contributed by atoms with Crippen LogP contribution in [0.2, 0.25) is 0 Å². The van der Waals surface area contributed by atoms with Crippen molar-refractivity contribution in [3.05, 3.63) is 71.3 Å². The zero-order valence-electron chi connectivity index (χ0n) is 13.0. The topological polar surface area (TPSA) is 49.3 Å². The van der Waals surface area contributed by atoms with Crippen molar-refractivity contribution in [3.63, 3.8) is 0 Å². The number of aliphatic hydroxyl groups excluding tert-OH is 1. The van der Waals surface area contributed by atoms with Crippen molar-refractivity contribution in [2.75, 3.05) is 6.61 Å². The van der Waals surface area contributed by atoms with E-state index in [-0.39, 0.29) is 18.6 Å². The molecule has 0 aliphatic heterocycles. The Morgan fingerprint density at radius 2 is 1.77 bits per heavy atom. The number of hydrogen-bond acceptors (Lipinski definition) is 2. The van der Waals surface area contributed by atoms with Crippen LogP contribution in [-0.2, 0) is 11.2 Å². The minimum absolute atomic E-state index is 0.00986. The highest BCUT2D eigenvalue weighted by Crippen LogP contribution is 2.18. The summed E-state index contributed by atoms with van der Waals surface area (Å²) in [4.78, 5) is 12.3. The molecule has 0 bridgehead atoms. The van der Waals surface area contributed by atoms with Crippen LogP contribution in [0.1, 0.15) is 35.6 Å². The molecular formula is C19H23NO2. The minimum Gasteiger partial charge on any atom is -0.396 e. The van der Waals surface area contributed by atoms with Gasteiger partial charge in [-0.25, -0.2) is 0 Å². The van der Waals surface area contributed by atoms with Crippen molar-refractivity contribution in [1.29, 1.82) is 0 Å². The third kappa shape index (κ3) is 5.01. The lowest BCUT2D eigenvalue weighted by Gasteiger charge is -2.19. The number of hydrogen-bond donors (Lipinski definition) is 2. The summed E-state index contributed by atoms with van der Waals surface area (Å²) < 4.78 is 0. The average molecular weight is 297 g/mol. The van der Waals surface area contributed by atoms with Crippen LogP contribution in [0.25, 0.3) is 0 Å². The Balaban J connectivity index is 2.00. The van der Waals surface area contributed by atoms with Gasteiger partial charge in [-0.05, 0) is 30.9 Å². The van der Waals surface area contributed by atoms with Crippen LogP contribution in [0.4, 0.5) is 0 Å². The molecule has 0 heterocycles. The number of nitrogens with one attached hydrogen (secondary N) is 1. The molecule has 0 spiro atoms. The molecule has 1 atom stereocenters. The Hall–Kier alpha value is -2.13. The Labute approximate surface area is 132 Å². The van der Waals surface area contributed by atoms with Gasteiger partial charge in [0, 0.05) is 6.61 Å². The zero-order chi connectivity index (χ0) is 15.8. The third-order valence-corrected chi connectivity index (χ3v) is 3.67. The fraction of sp³-hybridized carbons (Fsp3) is 0.316. The first-order chi connectivity index (χ1) is 10.7. The summed E-state index contributed by atoms with van der Waals surface area (Å²) in [6, 6.07) is 17.9. The van der Waals surface area contributed by atoms with Crippen LogP contribution < -0.4 is 5.32 Å². The lowest BCUT2D eigenvalue weighted by Crippen LogP contribution is -2.30. The standard InChI is InChI=1S/C19H23NO2/c1-15-9-11-16(12-10-15)14-19(22)20-18(8-5-13-21)17-6-3-2-4-7-17/h2-4,6-7,9-12,18,21H,5,8,13-14H2,1H3,(H,20,22). The van der Waals surface area contributed by atoms with Crippen molar-refractivity contribution in [1.82, 2.24) is 5.32 Å². The molecule has 1 unspecified atom stereocenters. The van der Waals surface area contributed by atoms with Crippen LogP contribution in [-0.4, -0.2) is 17.6 Å². The molecule has 0 aliphatic carbocycles. The number of amides is 1. The van der Waals surface area contributed by atoms with Gasteiger partial charge in [0.05, 0.1) is 12.5 Å². The molecule has 0 saturated carbocycles. The molecule has 3 nitrogen and oxygen atoms in total. The Morgan fingerprint density at radius 3 is 2.41 bits per heavy atom. The van der Waals surface area contributed by atoms with Gasteiger partial charge in [-0.1, -0.05) is 60.2 Å². The Kier molecular flexibility index (Phi) is 6.16. The number of aryl methyl sites for hydroxylation is 1. The smallest absolute Gasteiger partial charge is 0.224 e. The number of rotatable bonds is 7. The van der Waals surface area contributed by atoms with Crippen molar-refractivity contribution >= 4 is 5.91 Å². The number of aliphatic hydroxyl groups is 1. The van der Waals surface area contributed by atoms with E-state index in [0.717, 1.165) is 17.5 Å². The van der Waals surface area contributed by atoms with E-state index in [0.29, 0.717) is 12.8 Å². The van der Waals surface area contributed by atoms with E-state index in [4.69, 9.17) is 5.11 Å². The summed E-state index contributed by atoms with van der Waals surface area (Å²) in [6.45, 7) is 2.17. The average Bonchev–Trinajstić information content (AvgIpc) is 2.54. The highest BCUT2D eigenvalue weighted by atomic mass is 16.3. The van der Waals surface area contributed by atoms with Crippen LogP contribution in [0, 0.1) is 6.92 Å². The van der Waals surface area contributed by atoms with Gasteiger partial charge in [-0.15, -0.1) is 0 Å². The van der Waals surface area contributed by atoms with Gasteiger partial charge in [-0.3, -0.25) is 4.79 Å². The summed E-state index contributed by atoms with van der Waals surface area (Å²) in [5.74, 6) is 0.00986. The molecule has 2 N–H and O–H groups in total. The van der Waals surface area contributed by atoms with Crippen molar-refractivity contribution in [2.24, 2.45) is 0 Å². The molecule has 116 valence electrons. The fourth-order valence-electron chi connectivity index (χ4n) is 2.44. The molecule has 0 fully saturated rings. The monoisotopic (exact) mass is 297 g/mol. The maximum absolute atomic E-state index is 12.3. The summed E-state index contributed by atoms with van der Waals surface area (Å²) in [6.07, 6.45) is 1.78. The van der Waals surface area contributed by atoms with Crippen LogP contribution in [0.15, 0.2) is 54.6 Å². The SMILES string of the molecule is Cc1ccc(CC(=O)NC(CCCO)c2ccccc2)cc1. The minimum atomic E-state index is -0.0497. The van der Waals surface area contributed by atoms with E-state index >= 15 is 0 Å². The first-order valence-corrected chi connectivity index (χ1v) is 7.70. The summed E-state index contributed by atoms with van der Waals surface area (Å²) in [5, 5.41) is 12.1. The van der Waals surface area contributed by atoms with Crippen LogP contribution in [0.3, 0.4) is 0 Å². The van der Waals surface area contributed by atoms with E-state index in [1.54, 1.807) is 0 Å². The van der Waals surface area contributed by atoms with Gasteiger partial charge in [-0.2, -0.15) is 0 Å². The van der Waals surface area contributed by atoms with Gasteiger partial charge >= 0.3 is 0 Å². The normalized spacial score (nSPS) is 11.9. The maximum Gasteiger partial charge on any atom is 0.224 e. The van der Waals surface area contributed by atoms with Gasteiger partial charge in [0.1, 0.15) is 0 Å². The predicted octanol–water partition coefficient (Wildman–Crippen LogP) is 3.17. The molecule has 0 radical (unpaired) electrons. The zero-order valence-corrected chi connectivity index (χ0v) is 13.0. The molecule has 0 saturated heterocycles. The first-order valence-electron chi connectivity index (χ1n) is 7.70. The predicted molar refractivity (Wildman–Crippen MR) is 88.5 cm³/mol. The number of carbonyl (C=O) groups excluding carboxylic acids is 1. The third-order valence-electron chi connectivity index (χ3n) is 3.67. The maximum atomic E-state index is 12.3. The molecule has 0 aliphatic rings. The quantitative estimate of drug-likeness (QED) is 0.824. The lowest BCUT2D eigenvalue weighted by molar-refractivity contribution is -0.121. The summed E-state index contributed by atoms with van der Waals surface area (Å²) in [5.41, 5.74) is 3.28. The second kappa shape index (κ2) is 8.35. The van der Waals surface area contributed by atoms with Crippen molar-refractivity contribution < 1.29 is 9.90 Å². The van der Waals surface area contributed by atoms with Gasteiger partial charge in [0.15, 0.2) is 0 Å². The molecule has 22 heavy (non-hydrogen) atoms. The van der Waals surface area contributed by atoms with E-state index in [1.165, 1.54) is 5.56 Å². The highest BCUT2D eigenvalue weighted by Gasteiger charge is 2.14. The molecule has 2 aromatic rings. The van der Waals surface area contributed by atoms with E-state index in [1.807, 2.05) is 61.5 Å². The largest absolute Gasteiger partial charge is 0.396 e. The van der Waals surface area contributed by atoms with Crippen molar-refractivity contribution in [2.45, 2.75) is 32.2 Å². The molecule has 0 aromatic heterocycles. The summed E-state index contributed by atoms with van der Waals surface area (Å²) >= 11 is 0. The molecule has 2 aromatic carbocycles. The number of carbonyl (C=O) groups is 1. The van der Waals surface area contributed by atoms with Crippen molar-refractivity contribution in [3.8, 4) is 0 Å². The van der Waals surface area contributed by atoms with Crippen LogP contribution >= 0.6 is 0 Å². The van der Waals surface area contributed by atoms with Gasteiger partial charge in [0.25, 0.3) is 0 Å². The highest BCUT2D eigenvalue weighted by molar-refractivity contribution is 5.79. The lowest BCUT2D eigenvalue weighted by atomic mass is 10.0. The van der Waals surface area contributed by atoms with E-state index in [2.05, 4.69) is 5.32 Å². The Morgan fingerprint density at radius 1 is 1.09 bits per heavy atom. The molecule has 1 amide bonds. The van der Waals surface area contributed by atoms with Crippen LogP contribution in [0.5, 0.6) is 0 Å². The molecule has 2 rings (SSSR count). The van der Waals surface area contributed by atoms with E-state index in [9.17, 15) is 4.79 Å². The van der Waals surface area contributed by atoms with Gasteiger partial charge in [0.2, 0.25) is 5.91 Å². The number of benzene rings is 2. The van der Waals surface area contributed by atoms with Gasteiger partial charge < -0.3 is 10.4 Å². The molecule has 3 heteroatoms. The van der Waals surface area contributed by atoms with E-state index < -0.39 is 0 Å². The Bertz CT molecular complexity index is 578. The second-order valence-electron chi connectivity index (χ2n) is 5.56. The second-order valence-corrected chi connectivity index (χ2v) is 5.56. The molecular weight excluding hydrogens is 274 g/mol. The fourth-order valence-corrected chi connectivity index (χ4v) is 2.44. The summed E-state index contributed by atoms with van der Waals surface area (Å²) in [7, 11) is 0.